The summed E-state index contributed by atoms with van der Waals surface area (Å²) in [7, 11) is 0. The summed E-state index contributed by atoms with van der Waals surface area (Å²) in [6, 6.07) is 48.6. The monoisotopic (exact) mass is 604 g/mol. The van der Waals surface area contributed by atoms with Crippen LogP contribution in [-0.2, 0) is 0 Å². The average molecular weight is 605 g/mol. The van der Waals surface area contributed by atoms with Gasteiger partial charge >= 0.3 is 0 Å². The maximum Gasteiger partial charge on any atom is 0.267 e. The van der Waals surface area contributed by atoms with Crippen LogP contribution in [0.25, 0.3) is 83.3 Å². The van der Waals surface area contributed by atoms with Gasteiger partial charge in [0, 0.05) is 27.4 Å². The van der Waals surface area contributed by atoms with E-state index in [1.807, 2.05) is 109 Å². The van der Waals surface area contributed by atoms with Gasteiger partial charge in [-0.3, -0.25) is 13.9 Å². The van der Waals surface area contributed by atoms with Crippen molar-refractivity contribution in [1.82, 2.24) is 28.5 Å². The third kappa shape index (κ3) is 3.68. The highest BCUT2D eigenvalue weighted by atomic mass is 16.1. The van der Waals surface area contributed by atoms with Crippen molar-refractivity contribution < 1.29 is 0 Å². The molecule has 47 heavy (non-hydrogen) atoms. The first-order chi connectivity index (χ1) is 23.2. The van der Waals surface area contributed by atoms with Crippen LogP contribution in [0, 0.1) is 0 Å². The molecule has 0 bridgehead atoms. The first-order valence-corrected chi connectivity index (χ1v) is 15.5. The summed E-state index contributed by atoms with van der Waals surface area (Å²) in [6.07, 6.45) is 0. The third-order valence-corrected chi connectivity index (χ3v) is 9.06. The van der Waals surface area contributed by atoms with E-state index in [9.17, 15) is 4.79 Å². The van der Waals surface area contributed by atoms with Gasteiger partial charge in [0.1, 0.15) is 0 Å². The molecule has 7 nitrogen and oxygen atoms in total. The molecule has 0 unspecified atom stereocenters. The highest BCUT2D eigenvalue weighted by molar-refractivity contribution is 6.13. The molecule has 10 aromatic rings. The molecule has 0 N–H and O–H groups in total. The van der Waals surface area contributed by atoms with Gasteiger partial charge in [-0.05, 0) is 48.5 Å². The van der Waals surface area contributed by atoms with Gasteiger partial charge in [0.2, 0.25) is 11.7 Å². The smallest absolute Gasteiger partial charge is 0.267 e. The molecule has 0 saturated carbocycles. The lowest BCUT2D eigenvalue weighted by molar-refractivity contribution is 1.01. The molecule has 0 saturated heterocycles. The van der Waals surface area contributed by atoms with E-state index in [-0.39, 0.29) is 5.56 Å². The van der Waals surface area contributed by atoms with Crippen molar-refractivity contribution in [1.29, 1.82) is 0 Å². The summed E-state index contributed by atoms with van der Waals surface area (Å²) in [6.45, 7) is 0. The molecule has 10 rings (SSSR count). The Balaban J connectivity index is 1.39. The van der Waals surface area contributed by atoms with Crippen LogP contribution in [0.15, 0.2) is 150 Å². The zero-order valence-corrected chi connectivity index (χ0v) is 24.9. The number of hydrogen-bond acceptors (Lipinski definition) is 4. The van der Waals surface area contributed by atoms with E-state index < -0.39 is 0 Å². The molecule has 6 aromatic carbocycles. The maximum atomic E-state index is 14.4. The van der Waals surface area contributed by atoms with Crippen molar-refractivity contribution in [2.24, 2.45) is 0 Å². The van der Waals surface area contributed by atoms with E-state index in [1.54, 1.807) is 4.40 Å². The van der Waals surface area contributed by atoms with Gasteiger partial charge in [0.05, 0.1) is 44.2 Å². The molecule has 4 aromatic heterocycles. The quantitative estimate of drug-likeness (QED) is 0.203. The highest BCUT2D eigenvalue weighted by Gasteiger charge is 2.22. The number of nitrogens with zero attached hydrogens (tertiary/aromatic N) is 6. The molecule has 220 valence electrons. The second-order valence-corrected chi connectivity index (χ2v) is 11.7. The lowest BCUT2D eigenvalue weighted by atomic mass is 10.1. The number of benzene rings is 6. The number of aromatic nitrogens is 6. The van der Waals surface area contributed by atoms with Gasteiger partial charge in [0.25, 0.3) is 5.56 Å². The lowest BCUT2D eigenvalue weighted by Crippen LogP contribution is -2.18. The van der Waals surface area contributed by atoms with Gasteiger partial charge in [-0.1, -0.05) is 97.1 Å². The fraction of sp³-hybridized carbons (Fsp3) is 0. The zero-order valence-electron chi connectivity index (χ0n) is 24.9. The van der Waals surface area contributed by atoms with Crippen LogP contribution in [-0.4, -0.2) is 28.5 Å². The van der Waals surface area contributed by atoms with Gasteiger partial charge in [0.15, 0.2) is 0 Å². The molecule has 0 aliphatic carbocycles. The molecule has 0 spiro atoms. The average Bonchev–Trinajstić information content (AvgIpc) is 3.67. The molecule has 0 aliphatic heterocycles. The van der Waals surface area contributed by atoms with Crippen LogP contribution in [0.3, 0.4) is 0 Å². The molecule has 0 amide bonds. The summed E-state index contributed by atoms with van der Waals surface area (Å²) in [5.74, 6) is 1.12. The molecular formula is C40H24N6O. The first kappa shape index (κ1) is 25.7. The summed E-state index contributed by atoms with van der Waals surface area (Å²) < 4.78 is 5.93. The summed E-state index contributed by atoms with van der Waals surface area (Å²) in [4.78, 5) is 29.8. The first-order valence-electron chi connectivity index (χ1n) is 15.5. The Bertz CT molecular complexity index is 2920. The van der Waals surface area contributed by atoms with E-state index in [2.05, 4.69) is 45.5 Å². The van der Waals surface area contributed by atoms with Gasteiger partial charge in [-0.15, -0.1) is 0 Å². The Morgan fingerprint density at radius 1 is 0.447 bits per heavy atom. The second kappa shape index (κ2) is 9.70. The Morgan fingerprint density at radius 2 is 1.09 bits per heavy atom. The summed E-state index contributed by atoms with van der Waals surface area (Å²) >= 11 is 0. The fourth-order valence-corrected chi connectivity index (χ4v) is 6.98. The van der Waals surface area contributed by atoms with Crippen LogP contribution >= 0.6 is 0 Å². The Morgan fingerprint density at radius 3 is 1.89 bits per heavy atom. The molecular weight excluding hydrogens is 580 g/mol. The minimum atomic E-state index is -0.108. The number of rotatable bonds is 3. The topological polar surface area (TPSA) is 70.0 Å². The van der Waals surface area contributed by atoms with Crippen molar-refractivity contribution in [3.63, 3.8) is 0 Å². The van der Waals surface area contributed by atoms with Crippen LogP contribution in [0.2, 0.25) is 0 Å². The van der Waals surface area contributed by atoms with Crippen molar-refractivity contribution in [2.75, 3.05) is 0 Å². The van der Waals surface area contributed by atoms with Crippen LogP contribution < -0.4 is 5.56 Å². The van der Waals surface area contributed by atoms with Gasteiger partial charge < -0.3 is 0 Å². The van der Waals surface area contributed by atoms with E-state index in [0.717, 1.165) is 66.2 Å². The molecule has 0 fully saturated rings. The standard InChI is InChI=1S/C40H24N6O/c47-38-30-23-29-27-17-8-11-21-33(27)45(39-41-31-19-9-7-18-28(31)37(43-39)25-13-3-1-4-14-25)35(29)24-36(30)44(26-15-5-2-6-16-26)40-42-32-20-10-12-22-34(32)46(38)40/h1-24H. The molecule has 4 heterocycles. The van der Waals surface area contributed by atoms with Crippen LogP contribution in [0.4, 0.5) is 0 Å². The minimum Gasteiger partial charge on any atom is -0.279 e. The van der Waals surface area contributed by atoms with Crippen LogP contribution in [0.1, 0.15) is 0 Å². The van der Waals surface area contributed by atoms with E-state index in [4.69, 9.17) is 15.0 Å². The highest BCUT2D eigenvalue weighted by Crippen LogP contribution is 2.36. The molecule has 0 aliphatic rings. The summed E-state index contributed by atoms with van der Waals surface area (Å²) in [5.41, 5.74) is 7.70. The predicted molar refractivity (Wildman–Crippen MR) is 189 cm³/mol. The number of para-hydroxylation sites is 5. The SMILES string of the molecule is O=c1c2cc3c4ccccc4n(-c4nc(-c5ccccc5)c5ccccc5n4)c3cc2n(-c2ccccc2)c2nc3ccccc3n12. The zero-order chi connectivity index (χ0) is 31.1. The Hall–Kier alpha value is -6.60. The largest absolute Gasteiger partial charge is 0.279 e. The van der Waals surface area contributed by atoms with Crippen molar-refractivity contribution >= 4 is 60.4 Å². The normalized spacial score (nSPS) is 11.9. The van der Waals surface area contributed by atoms with Crippen molar-refractivity contribution in [3.05, 3.63) is 156 Å². The molecule has 0 atom stereocenters. The van der Waals surface area contributed by atoms with E-state index in [0.29, 0.717) is 17.1 Å². The fourth-order valence-electron chi connectivity index (χ4n) is 6.98. The van der Waals surface area contributed by atoms with E-state index in [1.165, 1.54) is 0 Å². The Labute approximate surface area is 267 Å². The van der Waals surface area contributed by atoms with Crippen molar-refractivity contribution in [2.45, 2.75) is 0 Å². The second-order valence-electron chi connectivity index (χ2n) is 11.7. The number of fused-ring (bicyclic) bond motifs is 8. The predicted octanol–water partition coefficient (Wildman–Crippen LogP) is 8.50. The third-order valence-electron chi connectivity index (χ3n) is 9.06. The van der Waals surface area contributed by atoms with E-state index >= 15 is 0 Å². The molecule has 7 heteroatoms. The Kier molecular flexibility index (Phi) is 5.30. The summed E-state index contributed by atoms with van der Waals surface area (Å²) in [5, 5.41) is 3.56. The lowest BCUT2D eigenvalue weighted by Gasteiger charge is -2.15. The molecule has 0 radical (unpaired) electrons. The van der Waals surface area contributed by atoms with Gasteiger partial charge in [-0.25, -0.2) is 19.4 Å². The number of hydrogen-bond donors (Lipinski definition) is 0. The minimum absolute atomic E-state index is 0.108. The maximum absolute atomic E-state index is 14.4. The van der Waals surface area contributed by atoms with Crippen LogP contribution in [0.5, 0.6) is 0 Å². The van der Waals surface area contributed by atoms with Gasteiger partial charge in [-0.2, -0.15) is 0 Å². The van der Waals surface area contributed by atoms with Crippen molar-refractivity contribution in [3.8, 4) is 22.9 Å². The number of imidazole rings is 1.